The predicted octanol–water partition coefficient (Wildman–Crippen LogP) is -1.67. The van der Waals surface area contributed by atoms with E-state index in [1.165, 1.54) is 0 Å². The summed E-state index contributed by atoms with van der Waals surface area (Å²) in [6, 6.07) is 0. The third-order valence-corrected chi connectivity index (χ3v) is 5.72. The Labute approximate surface area is 108 Å². The van der Waals surface area contributed by atoms with E-state index < -0.39 is 0 Å². The molecule has 2 rings (SSSR count). The van der Waals surface area contributed by atoms with Crippen LogP contribution in [0.1, 0.15) is 0 Å². The first-order valence-corrected chi connectivity index (χ1v) is 6.97. The van der Waals surface area contributed by atoms with Gasteiger partial charge in [0.15, 0.2) is 0 Å². The first kappa shape index (κ1) is 11.3. The Kier molecular flexibility index (Phi) is 3.26. The fraction of sp³-hybridized carbons (Fsp3) is 0.500. The van der Waals surface area contributed by atoms with Gasteiger partial charge in [0.2, 0.25) is 0 Å². The standard InChI is InChI=1S/C8H16BN4Se2/c1-10-3-5-12(7(10)14)9-13-6-4-11(2)8(13)15/h3-8,14-15H,9H2,1-2H3/q-1/p-2. The molecule has 0 saturated carbocycles. The second-order valence-corrected chi connectivity index (χ2v) is 5.88. The van der Waals surface area contributed by atoms with Crippen molar-refractivity contribution >= 4 is 39.6 Å². The zero-order valence-corrected chi connectivity index (χ0v) is 12.5. The molecule has 15 heavy (non-hydrogen) atoms. The van der Waals surface area contributed by atoms with Crippen LogP contribution in [0, 0.1) is 0 Å². The van der Waals surface area contributed by atoms with E-state index in [1.54, 1.807) is 0 Å². The summed E-state index contributed by atoms with van der Waals surface area (Å²) in [6.45, 7) is 0. The van der Waals surface area contributed by atoms with Gasteiger partial charge in [0.25, 0.3) is 0 Å². The van der Waals surface area contributed by atoms with Gasteiger partial charge in [0.05, 0.1) is 0 Å². The molecule has 0 aromatic heterocycles. The van der Waals surface area contributed by atoms with Gasteiger partial charge in [-0.3, -0.25) is 0 Å². The average Bonchev–Trinajstić information content (AvgIpc) is 2.68. The topological polar surface area (TPSA) is 13.0 Å². The Bertz CT molecular complexity index is 270. The summed E-state index contributed by atoms with van der Waals surface area (Å²) >= 11 is 6.37. The molecule has 2 aliphatic rings. The van der Waals surface area contributed by atoms with Crippen LogP contribution in [0.4, 0.5) is 0 Å². The molecule has 0 spiro atoms. The summed E-state index contributed by atoms with van der Waals surface area (Å²) in [5, 5.41) is 0.744. The number of hydrogen-bond donors (Lipinski definition) is 0. The van der Waals surface area contributed by atoms with Crippen molar-refractivity contribution in [2.75, 3.05) is 14.1 Å². The Morgan fingerprint density at radius 3 is 1.53 bits per heavy atom. The van der Waals surface area contributed by atoms with Crippen LogP contribution in [0.25, 0.3) is 0 Å². The van der Waals surface area contributed by atoms with Crippen molar-refractivity contribution in [3.05, 3.63) is 24.8 Å². The first-order chi connectivity index (χ1) is 7.09. The van der Waals surface area contributed by atoms with E-state index in [-0.39, 0.29) is 7.55 Å². The van der Waals surface area contributed by atoms with E-state index in [2.05, 4.69) is 90.3 Å². The molecule has 0 N–H and O–H groups in total. The SMILES string of the molecule is CN1C=CN([BH2-]N2C=CN(C)C2[Se-])C1[Se-]. The second kappa shape index (κ2) is 4.34. The molecule has 2 unspecified atom stereocenters. The summed E-state index contributed by atoms with van der Waals surface area (Å²) in [6.07, 6.45) is 8.56. The van der Waals surface area contributed by atoms with Gasteiger partial charge in [0.1, 0.15) is 0 Å². The summed E-state index contributed by atoms with van der Waals surface area (Å²) in [7, 11) is 3.86. The van der Waals surface area contributed by atoms with Crippen molar-refractivity contribution in [3.8, 4) is 0 Å². The molecular weight excluding hydrogens is 321 g/mol. The van der Waals surface area contributed by atoms with Gasteiger partial charge in [-0.05, 0) is 0 Å². The first-order valence-electron chi connectivity index (χ1n) is 4.99. The Morgan fingerprint density at radius 2 is 1.27 bits per heavy atom. The van der Waals surface area contributed by atoms with E-state index in [0.29, 0.717) is 10.1 Å². The molecule has 2 aliphatic heterocycles. The average molecular weight is 335 g/mol. The molecular formula is C8H14BN4Se2-3. The number of hydrogen-bond acceptors (Lipinski definition) is 4. The molecule has 2 heterocycles. The van der Waals surface area contributed by atoms with Crippen molar-refractivity contribution < 1.29 is 0 Å². The van der Waals surface area contributed by atoms with Crippen LogP contribution < -0.4 is 0 Å². The van der Waals surface area contributed by atoms with Gasteiger partial charge in [-0.15, -0.1) is 0 Å². The molecule has 0 aromatic rings. The molecule has 4 nitrogen and oxygen atoms in total. The van der Waals surface area contributed by atoms with Crippen molar-refractivity contribution in [1.82, 2.24) is 19.4 Å². The Hall–Kier alpha value is -0.216. The van der Waals surface area contributed by atoms with Crippen molar-refractivity contribution in [3.63, 3.8) is 0 Å². The Morgan fingerprint density at radius 1 is 0.867 bits per heavy atom. The van der Waals surface area contributed by atoms with E-state index in [4.69, 9.17) is 0 Å². The predicted molar refractivity (Wildman–Crippen MR) is 65.1 cm³/mol. The van der Waals surface area contributed by atoms with Gasteiger partial charge in [-0.2, -0.15) is 0 Å². The van der Waals surface area contributed by atoms with Crippen LogP contribution in [0.15, 0.2) is 24.8 Å². The summed E-state index contributed by atoms with van der Waals surface area (Å²) in [5.41, 5.74) is 0. The number of nitrogens with zero attached hydrogens (tertiary/aromatic N) is 4. The van der Waals surface area contributed by atoms with E-state index in [0.717, 1.165) is 0 Å². The Balaban J connectivity index is 1.93. The molecule has 2 atom stereocenters. The molecule has 7 heteroatoms. The molecule has 0 bridgehead atoms. The number of rotatable bonds is 2. The zero-order valence-electron chi connectivity index (χ0n) is 9.07. The van der Waals surface area contributed by atoms with E-state index in [9.17, 15) is 0 Å². The third-order valence-electron chi connectivity index (χ3n) is 2.93. The maximum atomic E-state index is 3.18. The van der Waals surface area contributed by atoms with Gasteiger partial charge >= 0.3 is 108 Å². The van der Waals surface area contributed by atoms with Crippen LogP contribution in [0.2, 0.25) is 0 Å². The van der Waals surface area contributed by atoms with E-state index in [1.807, 2.05) is 0 Å². The van der Waals surface area contributed by atoms with Gasteiger partial charge < -0.3 is 0 Å². The van der Waals surface area contributed by atoms with Crippen LogP contribution >= 0.6 is 0 Å². The zero-order chi connectivity index (χ0) is 11.0. The monoisotopic (exact) mass is 337 g/mol. The van der Waals surface area contributed by atoms with Crippen LogP contribution in [0.5, 0.6) is 0 Å². The molecule has 0 saturated heterocycles. The second-order valence-electron chi connectivity index (χ2n) is 4.11. The molecule has 84 valence electrons. The van der Waals surface area contributed by atoms with Gasteiger partial charge in [-0.25, -0.2) is 0 Å². The summed E-state index contributed by atoms with van der Waals surface area (Å²) < 4.78 is 0. The van der Waals surface area contributed by atoms with E-state index >= 15 is 0 Å². The molecule has 0 radical (unpaired) electrons. The molecule has 0 aromatic carbocycles. The molecule has 0 amide bonds. The van der Waals surface area contributed by atoms with Crippen molar-refractivity contribution in [2.45, 2.75) is 10.1 Å². The third kappa shape index (κ3) is 2.16. The van der Waals surface area contributed by atoms with Crippen LogP contribution in [0.3, 0.4) is 0 Å². The quantitative estimate of drug-likeness (QED) is 0.560. The maximum absolute atomic E-state index is 3.18. The fourth-order valence-electron chi connectivity index (χ4n) is 1.89. The fourth-order valence-corrected chi connectivity index (χ4v) is 2.87. The van der Waals surface area contributed by atoms with Crippen molar-refractivity contribution in [2.24, 2.45) is 0 Å². The van der Waals surface area contributed by atoms with Crippen LogP contribution in [-0.4, -0.2) is 83.2 Å². The minimum atomic E-state index is -0.314. The molecule has 0 fully saturated rings. The normalized spacial score (nSPS) is 29.9. The van der Waals surface area contributed by atoms with Gasteiger partial charge in [0, 0.05) is 0 Å². The van der Waals surface area contributed by atoms with Gasteiger partial charge in [-0.1, -0.05) is 0 Å². The molecule has 0 aliphatic carbocycles. The van der Waals surface area contributed by atoms with Crippen molar-refractivity contribution in [1.29, 1.82) is 0 Å². The summed E-state index contributed by atoms with van der Waals surface area (Å²) in [5.74, 6) is 0. The minimum absolute atomic E-state index is 0.314. The van der Waals surface area contributed by atoms with Crippen LogP contribution in [-0.2, 0) is 0 Å². The summed E-state index contributed by atoms with van der Waals surface area (Å²) in [4.78, 5) is 9.13.